The fraction of sp³-hybridized carbons (Fsp3) is 0.526. The second-order valence-corrected chi connectivity index (χ2v) is 6.24. The monoisotopic (exact) mass is 380 g/mol. The first kappa shape index (κ1) is 22.4. The average molecular weight is 380 g/mol. The van der Waals surface area contributed by atoms with Crippen LogP contribution in [0.2, 0.25) is 0 Å². The Labute approximate surface area is 159 Å². The number of amides is 1. The molecule has 1 aromatic carbocycles. The number of carbonyl (C=O) groups is 3. The van der Waals surface area contributed by atoms with E-state index in [1.54, 1.807) is 24.3 Å². The van der Waals surface area contributed by atoms with Gasteiger partial charge in [-0.25, -0.2) is 0 Å². The minimum absolute atomic E-state index is 0.343. The van der Waals surface area contributed by atoms with Gasteiger partial charge in [0, 0.05) is 0 Å². The molecule has 0 aliphatic rings. The molecule has 0 aliphatic heterocycles. The van der Waals surface area contributed by atoms with Gasteiger partial charge in [-0.1, -0.05) is 44.7 Å². The molecule has 0 spiro atoms. The van der Waals surface area contributed by atoms with E-state index in [2.05, 4.69) is 12.2 Å². The molecule has 0 fully saturated rings. The predicted molar refractivity (Wildman–Crippen MR) is 101 cm³/mol. The summed E-state index contributed by atoms with van der Waals surface area (Å²) in [6.45, 7) is 1.29. The highest BCUT2D eigenvalue weighted by atomic mass is 16.5. The molecule has 3 N–H and O–H groups in total. The number of carboxylic acids is 2. The van der Waals surface area contributed by atoms with Gasteiger partial charge < -0.3 is 20.3 Å². The van der Waals surface area contributed by atoms with Crippen LogP contribution in [0.4, 0.5) is 5.69 Å². The summed E-state index contributed by atoms with van der Waals surface area (Å²) in [7, 11) is 0. The number of benzene rings is 1. The van der Waals surface area contributed by atoms with Gasteiger partial charge in [0.2, 0.25) is 5.91 Å². The van der Waals surface area contributed by atoms with E-state index in [1.165, 1.54) is 19.3 Å². The number of hydrogen-bond acceptors (Lipinski definition) is 5. The second-order valence-electron chi connectivity index (χ2n) is 6.24. The van der Waals surface area contributed by atoms with Crippen molar-refractivity contribution in [3.05, 3.63) is 24.3 Å². The van der Waals surface area contributed by atoms with Crippen LogP contribution < -0.4 is 10.1 Å². The number of nitrogens with one attached hydrogen (secondary N) is 1. The smallest absolute Gasteiger partial charge is 0.317 e. The minimum atomic E-state index is -1.20. The summed E-state index contributed by atoms with van der Waals surface area (Å²) in [4.78, 5) is 34.9. The maximum absolute atomic E-state index is 12.2. The van der Waals surface area contributed by atoms with Gasteiger partial charge in [0.1, 0.15) is 5.75 Å². The summed E-state index contributed by atoms with van der Waals surface area (Å²) >= 11 is 0. The van der Waals surface area contributed by atoms with Gasteiger partial charge in [0.05, 0.1) is 31.9 Å². The highest BCUT2D eigenvalue weighted by Crippen LogP contribution is 2.24. The largest absolute Gasteiger partial charge is 0.491 e. The Morgan fingerprint density at radius 3 is 2.22 bits per heavy atom. The van der Waals surface area contributed by atoms with Crippen LogP contribution in [0.3, 0.4) is 0 Å². The molecular formula is C19H28N2O6. The lowest BCUT2D eigenvalue weighted by Gasteiger charge is -2.18. The number of anilines is 1. The molecule has 0 heterocycles. The molecule has 0 atom stereocenters. The van der Waals surface area contributed by atoms with Gasteiger partial charge in [-0.2, -0.15) is 0 Å². The number of para-hydroxylation sites is 2. The molecule has 0 bridgehead atoms. The zero-order valence-electron chi connectivity index (χ0n) is 15.6. The van der Waals surface area contributed by atoms with E-state index >= 15 is 0 Å². The first-order valence-electron chi connectivity index (χ1n) is 9.10. The third-order valence-electron chi connectivity index (χ3n) is 3.75. The summed E-state index contributed by atoms with van der Waals surface area (Å²) in [5, 5.41) is 20.3. The highest BCUT2D eigenvalue weighted by molar-refractivity contribution is 5.94. The van der Waals surface area contributed by atoms with Crippen molar-refractivity contribution in [1.29, 1.82) is 0 Å². The Morgan fingerprint density at radius 2 is 1.59 bits per heavy atom. The van der Waals surface area contributed by atoms with Gasteiger partial charge in [-0.05, 0) is 18.6 Å². The van der Waals surface area contributed by atoms with E-state index in [0.29, 0.717) is 18.0 Å². The summed E-state index contributed by atoms with van der Waals surface area (Å²) in [5.41, 5.74) is 0.474. The van der Waals surface area contributed by atoms with Crippen LogP contribution in [0, 0.1) is 0 Å². The van der Waals surface area contributed by atoms with Crippen LogP contribution in [-0.2, 0) is 14.4 Å². The van der Waals surface area contributed by atoms with Crippen molar-refractivity contribution in [3.8, 4) is 5.75 Å². The van der Waals surface area contributed by atoms with Gasteiger partial charge in [-0.3, -0.25) is 19.3 Å². The van der Waals surface area contributed by atoms with Crippen LogP contribution in [-0.4, -0.2) is 59.2 Å². The maximum Gasteiger partial charge on any atom is 0.317 e. The minimum Gasteiger partial charge on any atom is -0.491 e. The molecule has 150 valence electrons. The number of unbranched alkanes of at least 4 members (excludes halogenated alkanes) is 4. The Bertz CT molecular complexity index is 604. The number of carboxylic acid groups (broad SMARTS) is 2. The van der Waals surface area contributed by atoms with E-state index < -0.39 is 30.9 Å². The molecule has 1 rings (SSSR count). The van der Waals surface area contributed by atoms with E-state index in [4.69, 9.17) is 14.9 Å². The van der Waals surface area contributed by atoms with Crippen molar-refractivity contribution in [2.24, 2.45) is 0 Å². The van der Waals surface area contributed by atoms with Crippen molar-refractivity contribution in [2.75, 3.05) is 31.6 Å². The normalized spacial score (nSPS) is 10.6. The molecule has 8 heteroatoms. The molecule has 0 aliphatic carbocycles. The molecule has 1 amide bonds. The third kappa shape index (κ3) is 10.2. The van der Waals surface area contributed by atoms with Crippen LogP contribution in [0.1, 0.15) is 39.0 Å². The molecule has 8 nitrogen and oxygen atoms in total. The predicted octanol–water partition coefficient (Wildman–Crippen LogP) is 2.45. The lowest BCUT2D eigenvalue weighted by atomic mass is 10.2. The van der Waals surface area contributed by atoms with Gasteiger partial charge in [0.25, 0.3) is 0 Å². The van der Waals surface area contributed by atoms with Crippen LogP contribution in [0.15, 0.2) is 24.3 Å². The SMILES string of the molecule is CCCCCCCOc1ccccc1NC(=O)CN(CC(=O)O)CC(=O)O. The summed E-state index contributed by atoms with van der Waals surface area (Å²) in [5.74, 6) is -2.37. The molecule has 0 aromatic heterocycles. The van der Waals surface area contributed by atoms with Crippen molar-refractivity contribution < 1.29 is 29.3 Å². The number of nitrogens with zero attached hydrogens (tertiary/aromatic N) is 1. The Morgan fingerprint density at radius 1 is 0.963 bits per heavy atom. The van der Waals surface area contributed by atoms with Crippen molar-refractivity contribution >= 4 is 23.5 Å². The Hall–Kier alpha value is -2.61. The zero-order valence-corrected chi connectivity index (χ0v) is 15.6. The molecule has 0 radical (unpaired) electrons. The van der Waals surface area contributed by atoms with E-state index in [0.717, 1.165) is 17.7 Å². The van der Waals surface area contributed by atoms with Crippen LogP contribution in [0.5, 0.6) is 5.75 Å². The number of rotatable bonds is 14. The second kappa shape index (κ2) is 12.7. The van der Waals surface area contributed by atoms with Gasteiger partial charge in [-0.15, -0.1) is 0 Å². The van der Waals surface area contributed by atoms with Gasteiger partial charge >= 0.3 is 11.9 Å². The number of carbonyl (C=O) groups excluding carboxylic acids is 1. The Balaban J connectivity index is 2.57. The summed E-state index contributed by atoms with van der Waals surface area (Å²) in [6, 6.07) is 6.97. The standard InChI is InChI=1S/C19H28N2O6/c1-2-3-4-5-8-11-27-16-10-7-6-9-15(16)20-17(22)12-21(13-18(23)24)14-19(25)26/h6-7,9-10H,2-5,8,11-14H2,1H3,(H,20,22)(H,23,24)(H,25,26). The van der Waals surface area contributed by atoms with Crippen molar-refractivity contribution in [3.63, 3.8) is 0 Å². The third-order valence-corrected chi connectivity index (χ3v) is 3.75. The van der Waals surface area contributed by atoms with Crippen LogP contribution in [0.25, 0.3) is 0 Å². The average Bonchev–Trinajstić information content (AvgIpc) is 2.58. The first-order valence-corrected chi connectivity index (χ1v) is 9.10. The van der Waals surface area contributed by atoms with E-state index in [-0.39, 0.29) is 6.54 Å². The molecule has 0 saturated heterocycles. The molecule has 0 saturated carbocycles. The molecule has 27 heavy (non-hydrogen) atoms. The number of aliphatic carboxylic acids is 2. The Kier molecular flexibility index (Phi) is 10.5. The number of ether oxygens (including phenoxy) is 1. The zero-order chi connectivity index (χ0) is 20.1. The quantitative estimate of drug-likeness (QED) is 0.425. The fourth-order valence-corrected chi connectivity index (χ4v) is 2.53. The van der Waals surface area contributed by atoms with Crippen LogP contribution >= 0.6 is 0 Å². The van der Waals surface area contributed by atoms with Crippen molar-refractivity contribution in [2.45, 2.75) is 39.0 Å². The molecular weight excluding hydrogens is 352 g/mol. The lowest BCUT2D eigenvalue weighted by Crippen LogP contribution is -2.40. The lowest BCUT2D eigenvalue weighted by molar-refractivity contribution is -0.142. The summed E-state index contributed by atoms with van der Waals surface area (Å²) < 4.78 is 5.74. The van der Waals surface area contributed by atoms with Crippen molar-refractivity contribution in [1.82, 2.24) is 4.90 Å². The van der Waals surface area contributed by atoms with Gasteiger partial charge in [0.15, 0.2) is 0 Å². The van der Waals surface area contributed by atoms with E-state index in [9.17, 15) is 14.4 Å². The number of hydrogen-bond donors (Lipinski definition) is 3. The first-order chi connectivity index (χ1) is 12.9. The molecule has 1 aromatic rings. The van der Waals surface area contributed by atoms with E-state index in [1.807, 2.05) is 0 Å². The summed E-state index contributed by atoms with van der Waals surface area (Å²) in [6.07, 6.45) is 5.56. The highest BCUT2D eigenvalue weighted by Gasteiger charge is 2.17. The topological polar surface area (TPSA) is 116 Å². The maximum atomic E-state index is 12.2. The molecule has 0 unspecified atom stereocenters. The fourth-order valence-electron chi connectivity index (χ4n) is 2.53.